The van der Waals surface area contributed by atoms with E-state index in [2.05, 4.69) is 6.07 Å². The van der Waals surface area contributed by atoms with Crippen LogP contribution in [0.25, 0.3) is 23.0 Å². The molecular formula is C20H12ClNO3. The van der Waals surface area contributed by atoms with Crippen LogP contribution in [0.15, 0.2) is 65.1 Å². The minimum Gasteiger partial charge on any atom is -0.478 e. The number of nitriles is 1. The zero-order valence-electron chi connectivity index (χ0n) is 12.9. The molecule has 0 aliphatic heterocycles. The van der Waals surface area contributed by atoms with Crippen molar-refractivity contribution in [3.8, 4) is 17.4 Å². The summed E-state index contributed by atoms with van der Waals surface area (Å²) < 4.78 is 5.73. The third kappa shape index (κ3) is 3.63. The van der Waals surface area contributed by atoms with Crippen molar-refractivity contribution in [2.45, 2.75) is 0 Å². The Bertz CT molecular complexity index is 997. The summed E-state index contributed by atoms with van der Waals surface area (Å²) in [7, 11) is 0. The maximum atomic E-state index is 11.2. The fourth-order valence-corrected chi connectivity index (χ4v) is 2.57. The number of carboxylic acids is 1. The highest BCUT2D eigenvalue weighted by atomic mass is 35.5. The average molecular weight is 350 g/mol. The van der Waals surface area contributed by atoms with E-state index in [0.29, 0.717) is 22.7 Å². The van der Waals surface area contributed by atoms with Crippen molar-refractivity contribution in [3.05, 3.63) is 82.6 Å². The van der Waals surface area contributed by atoms with E-state index in [1.54, 1.807) is 24.3 Å². The molecule has 5 heteroatoms. The predicted molar refractivity (Wildman–Crippen MR) is 96.0 cm³/mol. The molecular weight excluding hydrogens is 338 g/mol. The molecule has 122 valence electrons. The molecule has 0 atom stereocenters. The molecule has 0 saturated heterocycles. The van der Waals surface area contributed by atoms with Crippen LogP contribution in [0.5, 0.6) is 0 Å². The topological polar surface area (TPSA) is 74.2 Å². The maximum absolute atomic E-state index is 11.2. The molecule has 1 heterocycles. The number of halogens is 1. The molecule has 0 radical (unpaired) electrons. The number of hydrogen-bond acceptors (Lipinski definition) is 3. The zero-order chi connectivity index (χ0) is 17.8. The lowest BCUT2D eigenvalue weighted by atomic mass is 10.1. The lowest BCUT2D eigenvalue weighted by Crippen LogP contribution is -1.97. The fraction of sp³-hybridized carbons (Fsp3) is 0. The van der Waals surface area contributed by atoms with Crippen molar-refractivity contribution >= 4 is 29.2 Å². The highest BCUT2D eigenvalue weighted by molar-refractivity contribution is 6.33. The molecule has 3 aromatic rings. The number of allylic oxidation sites excluding steroid dienone is 1. The molecule has 2 aromatic carbocycles. The van der Waals surface area contributed by atoms with Crippen molar-refractivity contribution in [2.75, 3.05) is 0 Å². The Kier molecular flexibility index (Phi) is 4.69. The minimum absolute atomic E-state index is 0.00894. The third-order valence-electron chi connectivity index (χ3n) is 3.60. The van der Waals surface area contributed by atoms with Crippen LogP contribution in [0.1, 0.15) is 21.7 Å². The van der Waals surface area contributed by atoms with Gasteiger partial charge in [-0.25, -0.2) is 4.79 Å². The standard InChI is InChI=1S/C20H12ClNO3/c21-18-8-6-14(11-17(18)20(23)24)19-9-7-16(25-19)10-15(12-22)13-4-2-1-3-5-13/h1-11H,(H,23,24)/b15-10-. The van der Waals surface area contributed by atoms with E-state index in [1.165, 1.54) is 12.1 Å². The van der Waals surface area contributed by atoms with Crippen molar-refractivity contribution in [1.29, 1.82) is 5.26 Å². The van der Waals surface area contributed by atoms with Gasteiger partial charge in [0.15, 0.2) is 0 Å². The highest BCUT2D eigenvalue weighted by Crippen LogP contribution is 2.28. The first-order valence-electron chi connectivity index (χ1n) is 7.39. The monoisotopic (exact) mass is 349 g/mol. The van der Waals surface area contributed by atoms with Gasteiger partial charge in [-0.2, -0.15) is 5.26 Å². The summed E-state index contributed by atoms with van der Waals surface area (Å²) in [6.07, 6.45) is 1.65. The van der Waals surface area contributed by atoms with Crippen LogP contribution >= 0.6 is 11.6 Å². The number of nitrogens with zero attached hydrogens (tertiary/aromatic N) is 1. The maximum Gasteiger partial charge on any atom is 0.337 e. The van der Waals surface area contributed by atoms with Gasteiger partial charge < -0.3 is 9.52 Å². The van der Waals surface area contributed by atoms with Gasteiger partial charge in [0.1, 0.15) is 11.5 Å². The van der Waals surface area contributed by atoms with Crippen LogP contribution in [0.3, 0.4) is 0 Å². The van der Waals surface area contributed by atoms with Crippen molar-refractivity contribution in [1.82, 2.24) is 0 Å². The number of furan rings is 1. The van der Waals surface area contributed by atoms with E-state index < -0.39 is 5.97 Å². The summed E-state index contributed by atoms with van der Waals surface area (Å²) in [5.41, 5.74) is 1.88. The smallest absolute Gasteiger partial charge is 0.337 e. The van der Waals surface area contributed by atoms with Crippen LogP contribution in [-0.2, 0) is 0 Å². The van der Waals surface area contributed by atoms with E-state index in [0.717, 1.165) is 5.56 Å². The molecule has 3 rings (SSSR count). The number of carbonyl (C=O) groups is 1. The molecule has 0 aliphatic rings. The van der Waals surface area contributed by atoms with Gasteiger partial charge in [-0.05, 0) is 42.0 Å². The Morgan fingerprint density at radius 3 is 2.56 bits per heavy atom. The molecule has 0 bridgehead atoms. The number of aromatic carboxylic acids is 1. The quantitative estimate of drug-likeness (QED) is 0.643. The Morgan fingerprint density at radius 2 is 1.88 bits per heavy atom. The van der Waals surface area contributed by atoms with Crippen molar-refractivity contribution in [2.24, 2.45) is 0 Å². The average Bonchev–Trinajstić information content (AvgIpc) is 3.09. The van der Waals surface area contributed by atoms with Crippen LogP contribution in [0.4, 0.5) is 0 Å². The Labute approximate surface area is 149 Å². The second-order valence-electron chi connectivity index (χ2n) is 5.24. The molecule has 1 aromatic heterocycles. The summed E-state index contributed by atoms with van der Waals surface area (Å²) in [4.78, 5) is 11.2. The molecule has 25 heavy (non-hydrogen) atoms. The molecule has 0 aliphatic carbocycles. The third-order valence-corrected chi connectivity index (χ3v) is 3.93. The second-order valence-corrected chi connectivity index (χ2v) is 5.64. The van der Waals surface area contributed by atoms with Gasteiger partial charge in [-0.3, -0.25) is 0 Å². The Hall–Kier alpha value is -3.29. The first-order valence-corrected chi connectivity index (χ1v) is 7.76. The molecule has 1 N–H and O–H groups in total. The van der Waals surface area contributed by atoms with E-state index in [4.69, 9.17) is 21.1 Å². The summed E-state index contributed by atoms with van der Waals surface area (Å²) >= 11 is 5.88. The number of hydrogen-bond donors (Lipinski definition) is 1. The normalized spacial score (nSPS) is 11.1. The zero-order valence-corrected chi connectivity index (χ0v) is 13.7. The van der Waals surface area contributed by atoms with Crippen LogP contribution in [0.2, 0.25) is 5.02 Å². The van der Waals surface area contributed by atoms with Gasteiger partial charge in [0.2, 0.25) is 0 Å². The summed E-state index contributed by atoms with van der Waals surface area (Å²) in [6, 6.07) is 19.5. The predicted octanol–water partition coefficient (Wildman–Crippen LogP) is 5.36. The Morgan fingerprint density at radius 1 is 1.12 bits per heavy atom. The first kappa shape index (κ1) is 16.6. The molecule has 0 spiro atoms. The van der Waals surface area contributed by atoms with Crippen LogP contribution in [0, 0.1) is 11.3 Å². The fourth-order valence-electron chi connectivity index (χ4n) is 2.37. The van der Waals surface area contributed by atoms with Crippen molar-refractivity contribution < 1.29 is 14.3 Å². The minimum atomic E-state index is -1.10. The van der Waals surface area contributed by atoms with E-state index in [9.17, 15) is 10.1 Å². The number of benzene rings is 2. The lowest BCUT2D eigenvalue weighted by Gasteiger charge is -2.02. The van der Waals surface area contributed by atoms with Gasteiger partial charge in [-0.15, -0.1) is 0 Å². The van der Waals surface area contributed by atoms with Gasteiger partial charge in [0, 0.05) is 5.56 Å². The number of carboxylic acid groups (broad SMARTS) is 1. The van der Waals surface area contributed by atoms with Crippen LogP contribution in [-0.4, -0.2) is 11.1 Å². The Balaban J connectivity index is 1.96. The van der Waals surface area contributed by atoms with Gasteiger partial charge in [0.25, 0.3) is 0 Å². The molecule has 0 amide bonds. The molecule has 0 fully saturated rings. The van der Waals surface area contributed by atoms with Crippen molar-refractivity contribution in [3.63, 3.8) is 0 Å². The summed E-state index contributed by atoms with van der Waals surface area (Å²) in [6.45, 7) is 0. The van der Waals surface area contributed by atoms with E-state index in [-0.39, 0.29) is 10.6 Å². The lowest BCUT2D eigenvalue weighted by molar-refractivity contribution is 0.0697. The number of rotatable bonds is 4. The van der Waals surface area contributed by atoms with E-state index >= 15 is 0 Å². The highest BCUT2D eigenvalue weighted by Gasteiger charge is 2.12. The van der Waals surface area contributed by atoms with Gasteiger partial charge in [0.05, 0.1) is 22.2 Å². The summed E-state index contributed by atoms with van der Waals surface area (Å²) in [5.74, 6) is -0.104. The molecule has 0 saturated carbocycles. The second kappa shape index (κ2) is 7.08. The van der Waals surface area contributed by atoms with Gasteiger partial charge in [-0.1, -0.05) is 41.9 Å². The SMILES string of the molecule is N#C/C(=C/c1ccc(-c2ccc(Cl)c(C(=O)O)c2)o1)c1ccccc1. The largest absolute Gasteiger partial charge is 0.478 e. The van der Waals surface area contributed by atoms with Gasteiger partial charge >= 0.3 is 5.97 Å². The first-order chi connectivity index (χ1) is 12.1. The molecule has 0 unspecified atom stereocenters. The van der Waals surface area contributed by atoms with Crippen LogP contribution < -0.4 is 0 Å². The molecule has 4 nitrogen and oxygen atoms in total. The summed E-state index contributed by atoms with van der Waals surface area (Å²) in [5, 5.41) is 18.7. The van der Waals surface area contributed by atoms with E-state index in [1.807, 2.05) is 30.3 Å².